The summed E-state index contributed by atoms with van der Waals surface area (Å²) < 4.78 is 0. The maximum absolute atomic E-state index is 12.3. The Hall–Kier alpha value is -1.55. The summed E-state index contributed by atoms with van der Waals surface area (Å²) >= 11 is 0. The number of nitrogens with zero attached hydrogens (tertiary/aromatic N) is 1. The number of carbonyl (C=O) groups is 1. The minimum atomic E-state index is 0.0387. The van der Waals surface area contributed by atoms with E-state index in [1.54, 1.807) is 0 Å². The Bertz CT molecular complexity index is 460. The zero-order valence-corrected chi connectivity index (χ0v) is 10.6. The molecule has 18 heavy (non-hydrogen) atoms. The van der Waals surface area contributed by atoms with E-state index in [9.17, 15) is 4.79 Å². The van der Waals surface area contributed by atoms with Gasteiger partial charge in [-0.3, -0.25) is 0 Å². The van der Waals surface area contributed by atoms with Crippen LogP contribution in [0.4, 0.5) is 10.5 Å². The molecule has 0 bridgehead atoms. The number of aryl methyl sites for hydroxylation is 1. The van der Waals surface area contributed by atoms with E-state index in [1.165, 1.54) is 0 Å². The summed E-state index contributed by atoms with van der Waals surface area (Å²) in [4.78, 5) is 14.2. The molecular formula is C14H19N3O. The fraction of sp³-hybridized carbons (Fsp3) is 0.500. The van der Waals surface area contributed by atoms with Crippen LogP contribution in [0.15, 0.2) is 24.3 Å². The van der Waals surface area contributed by atoms with Crippen LogP contribution >= 0.6 is 0 Å². The maximum Gasteiger partial charge on any atom is 0.322 e. The quantitative estimate of drug-likeness (QED) is 0.792. The van der Waals surface area contributed by atoms with Crippen molar-refractivity contribution in [1.82, 2.24) is 10.2 Å². The molecule has 0 unspecified atom stereocenters. The highest BCUT2D eigenvalue weighted by Crippen LogP contribution is 2.27. The van der Waals surface area contributed by atoms with Crippen LogP contribution in [0.25, 0.3) is 0 Å². The Balaban J connectivity index is 1.68. The lowest BCUT2D eigenvalue weighted by Crippen LogP contribution is -2.41. The Morgan fingerprint density at radius 1 is 1.44 bits per heavy atom. The van der Waals surface area contributed by atoms with Gasteiger partial charge < -0.3 is 15.5 Å². The van der Waals surface area contributed by atoms with Gasteiger partial charge >= 0.3 is 6.03 Å². The molecule has 2 aliphatic heterocycles. The van der Waals surface area contributed by atoms with Crippen LogP contribution in [0.1, 0.15) is 12.0 Å². The lowest BCUT2D eigenvalue weighted by molar-refractivity contribution is 0.206. The number of carbonyl (C=O) groups excluding carboxylic acids is 1. The highest BCUT2D eigenvalue weighted by Gasteiger charge is 2.39. The predicted molar refractivity (Wildman–Crippen MR) is 71.7 cm³/mol. The molecule has 3 rings (SSSR count). The first-order valence-corrected chi connectivity index (χ1v) is 6.59. The zero-order valence-electron chi connectivity index (χ0n) is 10.6. The molecule has 0 aliphatic carbocycles. The third-order valence-electron chi connectivity index (χ3n) is 3.98. The van der Waals surface area contributed by atoms with Crippen LogP contribution in [-0.4, -0.2) is 36.6 Å². The number of hydrogen-bond donors (Lipinski definition) is 2. The molecule has 0 radical (unpaired) electrons. The number of fused-ring (bicyclic) bond motifs is 1. The second-order valence-electron chi connectivity index (χ2n) is 5.27. The number of urea groups is 1. The fourth-order valence-corrected chi connectivity index (χ4v) is 3.02. The van der Waals surface area contributed by atoms with E-state index in [1.807, 2.05) is 36.1 Å². The number of hydrogen-bond acceptors (Lipinski definition) is 2. The van der Waals surface area contributed by atoms with Crippen molar-refractivity contribution in [3.8, 4) is 0 Å². The predicted octanol–water partition coefficient (Wildman–Crippen LogP) is 1.82. The molecule has 2 heterocycles. The van der Waals surface area contributed by atoms with Gasteiger partial charge in [-0.2, -0.15) is 0 Å². The van der Waals surface area contributed by atoms with Crippen LogP contribution in [-0.2, 0) is 0 Å². The van der Waals surface area contributed by atoms with Gasteiger partial charge in [0.2, 0.25) is 0 Å². The van der Waals surface area contributed by atoms with Crippen LogP contribution in [0.5, 0.6) is 0 Å². The number of amides is 2. The average Bonchev–Trinajstić information content (AvgIpc) is 2.89. The van der Waals surface area contributed by atoms with Crippen molar-refractivity contribution in [2.45, 2.75) is 19.4 Å². The molecule has 2 N–H and O–H groups in total. The summed E-state index contributed by atoms with van der Waals surface area (Å²) in [6, 6.07) is 8.35. The lowest BCUT2D eigenvalue weighted by atomic mass is 10.1. The Morgan fingerprint density at radius 2 is 2.33 bits per heavy atom. The smallest absolute Gasteiger partial charge is 0.320 e. The molecular weight excluding hydrogens is 226 g/mol. The van der Waals surface area contributed by atoms with Crippen LogP contribution in [0, 0.1) is 12.8 Å². The van der Waals surface area contributed by atoms with Gasteiger partial charge in [0, 0.05) is 31.4 Å². The molecule has 0 spiro atoms. The highest BCUT2D eigenvalue weighted by atomic mass is 16.2. The normalized spacial score (nSPS) is 26.2. The van der Waals surface area contributed by atoms with Gasteiger partial charge in [-0.05, 0) is 37.0 Å². The summed E-state index contributed by atoms with van der Waals surface area (Å²) in [5.74, 6) is 0.647. The van der Waals surface area contributed by atoms with E-state index in [4.69, 9.17) is 0 Å². The summed E-state index contributed by atoms with van der Waals surface area (Å²) in [6.45, 7) is 4.90. The topological polar surface area (TPSA) is 44.4 Å². The Kier molecular flexibility index (Phi) is 2.96. The second-order valence-corrected chi connectivity index (χ2v) is 5.27. The summed E-state index contributed by atoms with van der Waals surface area (Å²) in [6.07, 6.45) is 1.12. The first kappa shape index (κ1) is 11.5. The van der Waals surface area contributed by atoms with E-state index in [2.05, 4.69) is 10.6 Å². The minimum absolute atomic E-state index is 0.0387. The van der Waals surface area contributed by atoms with E-state index in [0.29, 0.717) is 12.0 Å². The number of likely N-dealkylation sites (tertiary alicyclic amines) is 1. The minimum Gasteiger partial charge on any atom is -0.320 e. The Morgan fingerprint density at radius 3 is 3.17 bits per heavy atom. The van der Waals surface area contributed by atoms with Gasteiger partial charge in [0.25, 0.3) is 0 Å². The van der Waals surface area contributed by atoms with Gasteiger partial charge in [0.1, 0.15) is 0 Å². The molecule has 2 fully saturated rings. The molecule has 2 saturated heterocycles. The fourth-order valence-electron chi connectivity index (χ4n) is 3.02. The van der Waals surface area contributed by atoms with Crippen molar-refractivity contribution in [2.24, 2.45) is 5.92 Å². The van der Waals surface area contributed by atoms with Crippen LogP contribution < -0.4 is 10.6 Å². The molecule has 2 aliphatic rings. The van der Waals surface area contributed by atoms with E-state index < -0.39 is 0 Å². The molecule has 4 nitrogen and oxygen atoms in total. The Labute approximate surface area is 107 Å². The van der Waals surface area contributed by atoms with Crippen molar-refractivity contribution in [3.63, 3.8) is 0 Å². The van der Waals surface area contributed by atoms with Crippen molar-refractivity contribution in [1.29, 1.82) is 0 Å². The van der Waals surface area contributed by atoms with E-state index in [-0.39, 0.29) is 6.03 Å². The van der Waals surface area contributed by atoms with Crippen LogP contribution in [0.3, 0.4) is 0 Å². The largest absolute Gasteiger partial charge is 0.322 e. The molecule has 4 heteroatoms. The van der Waals surface area contributed by atoms with Gasteiger partial charge in [0.05, 0.1) is 0 Å². The zero-order chi connectivity index (χ0) is 12.5. The molecule has 1 aromatic carbocycles. The van der Waals surface area contributed by atoms with E-state index in [0.717, 1.165) is 37.3 Å². The van der Waals surface area contributed by atoms with Crippen LogP contribution in [0.2, 0.25) is 0 Å². The van der Waals surface area contributed by atoms with Crippen molar-refractivity contribution in [2.75, 3.05) is 25.0 Å². The number of rotatable bonds is 1. The number of benzene rings is 1. The van der Waals surface area contributed by atoms with Gasteiger partial charge in [-0.15, -0.1) is 0 Å². The second kappa shape index (κ2) is 4.61. The van der Waals surface area contributed by atoms with Gasteiger partial charge in [-0.25, -0.2) is 4.79 Å². The van der Waals surface area contributed by atoms with E-state index >= 15 is 0 Å². The molecule has 96 valence electrons. The third-order valence-corrected chi connectivity index (χ3v) is 3.98. The van der Waals surface area contributed by atoms with Gasteiger partial charge in [-0.1, -0.05) is 12.1 Å². The number of nitrogens with one attached hydrogen (secondary N) is 2. The van der Waals surface area contributed by atoms with Gasteiger partial charge in [0.15, 0.2) is 0 Å². The highest BCUT2D eigenvalue weighted by molar-refractivity contribution is 5.89. The summed E-state index contributed by atoms with van der Waals surface area (Å²) in [7, 11) is 0. The van der Waals surface area contributed by atoms with Crippen molar-refractivity contribution in [3.05, 3.63) is 29.8 Å². The molecule has 0 aromatic heterocycles. The molecule has 2 amide bonds. The first-order chi connectivity index (χ1) is 8.74. The van der Waals surface area contributed by atoms with Crippen molar-refractivity contribution >= 4 is 11.7 Å². The molecule has 0 saturated carbocycles. The monoisotopic (exact) mass is 245 g/mol. The average molecular weight is 245 g/mol. The molecule has 1 aromatic rings. The maximum atomic E-state index is 12.3. The van der Waals surface area contributed by atoms with Crippen molar-refractivity contribution < 1.29 is 4.79 Å². The SMILES string of the molecule is Cc1cccc(NC(=O)N2CC[C@@H]3CNC[C@@H]32)c1. The summed E-state index contributed by atoms with van der Waals surface area (Å²) in [5, 5.41) is 6.36. The summed E-state index contributed by atoms with van der Waals surface area (Å²) in [5.41, 5.74) is 2.05. The standard InChI is InChI=1S/C14H19N3O/c1-10-3-2-4-12(7-10)16-14(18)17-6-5-11-8-15-9-13(11)17/h2-4,7,11,13,15H,5-6,8-9H2,1H3,(H,16,18)/t11-,13+/m1/s1. The number of anilines is 1. The third kappa shape index (κ3) is 2.08. The molecule has 2 atom stereocenters. The first-order valence-electron chi connectivity index (χ1n) is 6.59. The lowest BCUT2D eigenvalue weighted by Gasteiger charge is -2.23.